The molecule has 2 aliphatic heterocycles. The zero-order valence-electron chi connectivity index (χ0n) is 10.6. The summed E-state index contributed by atoms with van der Waals surface area (Å²) in [6, 6.07) is 0.733. The summed E-state index contributed by atoms with van der Waals surface area (Å²) in [7, 11) is 0. The minimum absolute atomic E-state index is 0.524. The fourth-order valence-electron chi connectivity index (χ4n) is 2.68. The molecule has 0 saturated carbocycles. The van der Waals surface area contributed by atoms with Gasteiger partial charge in [0.25, 0.3) is 0 Å². The normalized spacial score (nSPS) is 31.5. The van der Waals surface area contributed by atoms with Gasteiger partial charge in [-0.15, -0.1) is 0 Å². The monoisotopic (exact) mass is 243 g/mol. The molecule has 2 fully saturated rings. The van der Waals surface area contributed by atoms with Crippen molar-refractivity contribution in [2.45, 2.75) is 39.2 Å². The van der Waals surface area contributed by atoms with Crippen LogP contribution >= 0.6 is 11.8 Å². The van der Waals surface area contributed by atoms with E-state index < -0.39 is 0 Å². The number of rotatable bonds is 3. The highest BCUT2D eigenvalue weighted by Crippen LogP contribution is 2.33. The van der Waals surface area contributed by atoms with Crippen LogP contribution in [0.1, 0.15) is 33.1 Å². The molecule has 1 N–H and O–H groups in total. The molecular weight excluding hydrogens is 218 g/mol. The van der Waals surface area contributed by atoms with E-state index >= 15 is 0 Å². The highest BCUT2D eigenvalue weighted by molar-refractivity contribution is 7.99. The first-order valence-corrected chi connectivity index (χ1v) is 7.70. The minimum Gasteiger partial charge on any atom is -0.381 e. The molecule has 2 rings (SSSR count). The Balaban J connectivity index is 1.68. The number of thioether (sulfide) groups is 1. The summed E-state index contributed by atoms with van der Waals surface area (Å²) in [5.74, 6) is 3.47. The SMILES string of the molecule is CC1(C)CSCC(NCC2CCOCC2)C1. The molecule has 1 atom stereocenters. The third kappa shape index (κ3) is 3.94. The predicted molar refractivity (Wildman–Crippen MR) is 71.1 cm³/mol. The Bertz CT molecular complexity index is 214. The second-order valence-corrected chi connectivity index (χ2v) is 7.07. The Morgan fingerprint density at radius 3 is 2.75 bits per heavy atom. The molecule has 2 saturated heterocycles. The van der Waals surface area contributed by atoms with Crippen LogP contribution in [0.3, 0.4) is 0 Å². The fourth-order valence-corrected chi connectivity index (χ4v) is 3.99. The minimum atomic E-state index is 0.524. The zero-order valence-corrected chi connectivity index (χ0v) is 11.4. The third-order valence-corrected chi connectivity index (χ3v) is 5.27. The summed E-state index contributed by atoms with van der Waals surface area (Å²) < 4.78 is 5.39. The molecule has 94 valence electrons. The standard InChI is InChI=1S/C13H25NOS/c1-13(2)7-12(9-16-10-13)14-8-11-3-5-15-6-4-11/h11-12,14H,3-10H2,1-2H3. The van der Waals surface area contributed by atoms with Crippen molar-refractivity contribution < 1.29 is 4.74 Å². The fraction of sp³-hybridized carbons (Fsp3) is 1.00. The molecule has 16 heavy (non-hydrogen) atoms. The molecule has 0 spiro atoms. The maximum atomic E-state index is 5.39. The average Bonchev–Trinajstić information content (AvgIpc) is 2.27. The highest BCUT2D eigenvalue weighted by Gasteiger charge is 2.28. The Morgan fingerprint density at radius 2 is 2.06 bits per heavy atom. The topological polar surface area (TPSA) is 21.3 Å². The molecule has 0 aromatic heterocycles. The Hall–Kier alpha value is 0.270. The molecule has 2 heterocycles. The lowest BCUT2D eigenvalue weighted by Crippen LogP contribution is -2.42. The van der Waals surface area contributed by atoms with Gasteiger partial charge in [0.05, 0.1) is 0 Å². The van der Waals surface area contributed by atoms with Crippen LogP contribution in [0.2, 0.25) is 0 Å². The van der Waals surface area contributed by atoms with Gasteiger partial charge in [-0.2, -0.15) is 11.8 Å². The summed E-state index contributed by atoms with van der Waals surface area (Å²) in [6.07, 6.45) is 3.83. The van der Waals surface area contributed by atoms with Crippen LogP contribution in [0.25, 0.3) is 0 Å². The van der Waals surface area contributed by atoms with E-state index in [1.54, 1.807) is 0 Å². The predicted octanol–water partition coefficient (Wildman–Crippen LogP) is 2.53. The first-order valence-electron chi connectivity index (χ1n) is 6.55. The second kappa shape index (κ2) is 5.74. The van der Waals surface area contributed by atoms with Gasteiger partial charge in [-0.25, -0.2) is 0 Å². The van der Waals surface area contributed by atoms with Gasteiger partial charge in [-0.05, 0) is 42.9 Å². The Morgan fingerprint density at radius 1 is 1.31 bits per heavy atom. The first-order chi connectivity index (χ1) is 7.66. The maximum absolute atomic E-state index is 5.39. The van der Waals surface area contributed by atoms with Crippen LogP contribution in [0, 0.1) is 11.3 Å². The number of hydrogen-bond donors (Lipinski definition) is 1. The van der Waals surface area contributed by atoms with Gasteiger partial charge in [0.15, 0.2) is 0 Å². The molecule has 3 heteroatoms. The summed E-state index contributed by atoms with van der Waals surface area (Å²) in [4.78, 5) is 0. The van der Waals surface area contributed by atoms with Gasteiger partial charge in [-0.3, -0.25) is 0 Å². The van der Waals surface area contributed by atoms with E-state index in [4.69, 9.17) is 4.74 Å². The Kier molecular flexibility index (Phi) is 4.57. The molecule has 2 nitrogen and oxygen atoms in total. The molecular formula is C13H25NOS. The van der Waals surface area contributed by atoms with E-state index in [-0.39, 0.29) is 0 Å². The van der Waals surface area contributed by atoms with Crippen LogP contribution in [0.4, 0.5) is 0 Å². The highest BCUT2D eigenvalue weighted by atomic mass is 32.2. The van der Waals surface area contributed by atoms with E-state index in [1.165, 1.54) is 37.3 Å². The molecule has 0 radical (unpaired) electrons. The Labute approximate surface area is 104 Å². The van der Waals surface area contributed by atoms with Crippen molar-refractivity contribution in [1.29, 1.82) is 0 Å². The van der Waals surface area contributed by atoms with Crippen molar-refractivity contribution in [3.8, 4) is 0 Å². The van der Waals surface area contributed by atoms with Gasteiger partial charge in [0, 0.05) is 25.0 Å². The van der Waals surface area contributed by atoms with Crippen LogP contribution in [0.15, 0.2) is 0 Å². The first kappa shape index (κ1) is 12.7. The summed E-state index contributed by atoms with van der Waals surface area (Å²) in [5.41, 5.74) is 0.524. The largest absolute Gasteiger partial charge is 0.381 e. The van der Waals surface area contributed by atoms with E-state index in [0.29, 0.717) is 5.41 Å². The molecule has 2 aliphatic rings. The zero-order chi connectivity index (χ0) is 11.4. The second-order valence-electron chi connectivity index (χ2n) is 6.04. The number of hydrogen-bond acceptors (Lipinski definition) is 3. The van der Waals surface area contributed by atoms with Gasteiger partial charge >= 0.3 is 0 Å². The van der Waals surface area contributed by atoms with Crippen LogP contribution in [-0.4, -0.2) is 37.3 Å². The molecule has 0 bridgehead atoms. The summed E-state index contributed by atoms with van der Waals surface area (Å²) in [5, 5.41) is 3.77. The van der Waals surface area contributed by atoms with Crippen molar-refractivity contribution >= 4 is 11.8 Å². The summed E-state index contributed by atoms with van der Waals surface area (Å²) in [6.45, 7) is 7.92. The van der Waals surface area contributed by atoms with Gasteiger partial charge in [-0.1, -0.05) is 13.8 Å². The van der Waals surface area contributed by atoms with Crippen molar-refractivity contribution in [3.63, 3.8) is 0 Å². The molecule has 0 aliphatic carbocycles. The number of ether oxygens (including phenoxy) is 1. The van der Waals surface area contributed by atoms with E-state index in [0.717, 1.165) is 25.2 Å². The van der Waals surface area contributed by atoms with E-state index in [1.807, 2.05) is 0 Å². The quantitative estimate of drug-likeness (QED) is 0.823. The summed E-state index contributed by atoms with van der Waals surface area (Å²) >= 11 is 2.11. The maximum Gasteiger partial charge on any atom is 0.0469 e. The van der Waals surface area contributed by atoms with E-state index in [2.05, 4.69) is 30.9 Å². The molecule has 0 aromatic carbocycles. The van der Waals surface area contributed by atoms with Gasteiger partial charge < -0.3 is 10.1 Å². The molecule has 0 amide bonds. The van der Waals surface area contributed by atoms with Crippen molar-refractivity contribution in [2.75, 3.05) is 31.3 Å². The molecule has 1 unspecified atom stereocenters. The lowest BCUT2D eigenvalue weighted by atomic mass is 9.87. The van der Waals surface area contributed by atoms with Crippen LogP contribution < -0.4 is 5.32 Å². The smallest absolute Gasteiger partial charge is 0.0469 e. The van der Waals surface area contributed by atoms with Crippen LogP contribution in [0.5, 0.6) is 0 Å². The molecule has 0 aromatic rings. The lowest BCUT2D eigenvalue weighted by molar-refractivity contribution is 0.0651. The van der Waals surface area contributed by atoms with Gasteiger partial charge in [0.1, 0.15) is 0 Å². The van der Waals surface area contributed by atoms with Crippen molar-refractivity contribution in [1.82, 2.24) is 5.32 Å². The number of nitrogens with one attached hydrogen (secondary N) is 1. The average molecular weight is 243 g/mol. The van der Waals surface area contributed by atoms with Gasteiger partial charge in [0.2, 0.25) is 0 Å². The van der Waals surface area contributed by atoms with Crippen molar-refractivity contribution in [3.05, 3.63) is 0 Å². The lowest BCUT2D eigenvalue weighted by Gasteiger charge is -2.36. The van der Waals surface area contributed by atoms with Crippen LogP contribution in [-0.2, 0) is 4.74 Å². The third-order valence-electron chi connectivity index (χ3n) is 3.65. The van der Waals surface area contributed by atoms with Crippen molar-refractivity contribution in [2.24, 2.45) is 11.3 Å². The van der Waals surface area contributed by atoms with E-state index in [9.17, 15) is 0 Å².